The van der Waals surface area contributed by atoms with Crippen molar-refractivity contribution in [2.45, 2.75) is 38.0 Å². The van der Waals surface area contributed by atoms with Crippen LogP contribution >= 0.6 is 23.1 Å². The van der Waals surface area contributed by atoms with Gasteiger partial charge in [0.25, 0.3) is 0 Å². The van der Waals surface area contributed by atoms with Crippen molar-refractivity contribution in [1.82, 2.24) is 20.1 Å². The van der Waals surface area contributed by atoms with Crippen molar-refractivity contribution in [2.75, 3.05) is 37.0 Å². The van der Waals surface area contributed by atoms with E-state index < -0.39 is 0 Å². The minimum atomic E-state index is -0.124. The normalized spacial score (nSPS) is 15.1. The molecule has 1 atom stereocenters. The van der Waals surface area contributed by atoms with Crippen LogP contribution in [0.15, 0.2) is 53.0 Å². The highest BCUT2D eigenvalue weighted by molar-refractivity contribution is 7.99. The predicted octanol–water partition coefficient (Wildman–Crippen LogP) is 4.22. The van der Waals surface area contributed by atoms with E-state index >= 15 is 0 Å². The Morgan fingerprint density at radius 2 is 1.94 bits per heavy atom. The van der Waals surface area contributed by atoms with Crippen LogP contribution in [-0.2, 0) is 16.1 Å². The number of aromatic nitrogens is 3. The Morgan fingerprint density at radius 3 is 2.64 bits per heavy atom. The van der Waals surface area contributed by atoms with Crippen molar-refractivity contribution in [3.05, 3.63) is 58.3 Å². The van der Waals surface area contributed by atoms with Crippen molar-refractivity contribution in [3.63, 3.8) is 0 Å². The van der Waals surface area contributed by atoms with Gasteiger partial charge in [-0.15, -0.1) is 21.5 Å². The Balaban J connectivity index is 1.38. The number of nitrogens with zero attached hydrogens (tertiary/aromatic N) is 4. The summed E-state index contributed by atoms with van der Waals surface area (Å²) < 4.78 is 7.67. The van der Waals surface area contributed by atoms with E-state index in [-0.39, 0.29) is 11.9 Å². The molecule has 7 nitrogen and oxygen atoms in total. The average molecular weight is 486 g/mol. The third kappa shape index (κ3) is 6.37. The Morgan fingerprint density at radius 1 is 1.15 bits per heavy atom. The molecule has 3 heterocycles. The van der Waals surface area contributed by atoms with E-state index in [1.807, 2.05) is 29.6 Å². The van der Waals surface area contributed by atoms with Gasteiger partial charge in [-0.05, 0) is 22.9 Å². The number of anilines is 1. The first-order valence-electron chi connectivity index (χ1n) is 11.4. The lowest BCUT2D eigenvalue weighted by atomic mass is 10.1. The summed E-state index contributed by atoms with van der Waals surface area (Å²) in [5.74, 6) is 2.06. The summed E-state index contributed by atoms with van der Waals surface area (Å²) in [6, 6.07) is 14.1. The second-order valence-corrected chi connectivity index (χ2v) is 10.5. The number of carbonyl (C=O) groups is 1. The highest BCUT2D eigenvalue weighted by Crippen LogP contribution is 2.27. The number of amides is 1. The van der Waals surface area contributed by atoms with E-state index in [2.05, 4.69) is 57.0 Å². The SMILES string of the molecule is CC(C)Cn1c(SCCC(=O)NC(c2ccccc2)c2cccs2)nnc1N1CCOCC1. The van der Waals surface area contributed by atoms with E-state index in [0.29, 0.717) is 31.3 Å². The largest absolute Gasteiger partial charge is 0.378 e. The minimum Gasteiger partial charge on any atom is -0.378 e. The molecule has 1 aromatic carbocycles. The first-order chi connectivity index (χ1) is 16.1. The molecular formula is C24H31N5O2S2. The molecule has 2 aromatic heterocycles. The predicted molar refractivity (Wildman–Crippen MR) is 134 cm³/mol. The van der Waals surface area contributed by atoms with Crippen LogP contribution in [0.3, 0.4) is 0 Å². The van der Waals surface area contributed by atoms with Crippen molar-refractivity contribution in [2.24, 2.45) is 5.92 Å². The zero-order valence-corrected chi connectivity index (χ0v) is 20.8. The second kappa shape index (κ2) is 11.7. The van der Waals surface area contributed by atoms with Gasteiger partial charge in [0.05, 0.1) is 19.3 Å². The van der Waals surface area contributed by atoms with Gasteiger partial charge in [-0.2, -0.15) is 0 Å². The molecule has 1 N–H and O–H groups in total. The van der Waals surface area contributed by atoms with Crippen LogP contribution < -0.4 is 10.2 Å². The molecule has 33 heavy (non-hydrogen) atoms. The maximum Gasteiger partial charge on any atom is 0.228 e. The summed E-state index contributed by atoms with van der Waals surface area (Å²) in [7, 11) is 0. The zero-order chi connectivity index (χ0) is 23.0. The molecule has 1 amide bonds. The first-order valence-corrected chi connectivity index (χ1v) is 13.2. The van der Waals surface area contributed by atoms with Crippen LogP contribution in [0.25, 0.3) is 0 Å². The molecular weight excluding hydrogens is 454 g/mol. The Labute approximate surface area is 203 Å². The number of thioether (sulfide) groups is 1. The Bertz CT molecular complexity index is 1000. The standard InChI is InChI=1S/C24H31N5O2S2/c1-18(2)17-29-23(28-11-13-31-14-12-28)26-27-24(29)33-16-10-21(30)25-22(20-9-6-15-32-20)19-7-4-3-5-8-19/h3-9,15,18,22H,10-14,16-17H2,1-2H3,(H,25,30). The molecule has 1 fully saturated rings. The smallest absolute Gasteiger partial charge is 0.228 e. The highest BCUT2D eigenvalue weighted by atomic mass is 32.2. The van der Waals surface area contributed by atoms with E-state index in [4.69, 9.17) is 4.74 Å². The first kappa shape index (κ1) is 23.8. The third-order valence-electron chi connectivity index (χ3n) is 5.37. The fourth-order valence-electron chi connectivity index (χ4n) is 3.80. The number of hydrogen-bond acceptors (Lipinski definition) is 7. The van der Waals surface area contributed by atoms with Crippen LogP contribution in [0.1, 0.15) is 36.8 Å². The summed E-state index contributed by atoms with van der Waals surface area (Å²) in [4.78, 5) is 16.2. The third-order valence-corrected chi connectivity index (χ3v) is 7.27. The lowest BCUT2D eigenvalue weighted by Crippen LogP contribution is -2.38. The molecule has 9 heteroatoms. The van der Waals surface area contributed by atoms with E-state index in [0.717, 1.165) is 41.2 Å². The van der Waals surface area contributed by atoms with Gasteiger partial charge in [-0.25, -0.2) is 0 Å². The number of thiophene rings is 1. The Hall–Kier alpha value is -2.36. The summed E-state index contributed by atoms with van der Waals surface area (Å²) in [6.07, 6.45) is 0.417. The fraction of sp³-hybridized carbons (Fsp3) is 0.458. The molecule has 0 aliphatic carbocycles. The maximum atomic E-state index is 12.8. The van der Waals surface area contributed by atoms with Crippen molar-refractivity contribution in [3.8, 4) is 0 Å². The quantitative estimate of drug-likeness (QED) is 0.434. The molecule has 3 aromatic rings. The van der Waals surface area contributed by atoms with Gasteiger partial charge < -0.3 is 15.0 Å². The molecule has 0 radical (unpaired) electrons. The van der Waals surface area contributed by atoms with E-state index in [1.54, 1.807) is 23.1 Å². The van der Waals surface area contributed by atoms with Gasteiger partial charge in [0, 0.05) is 36.7 Å². The average Bonchev–Trinajstić information content (AvgIpc) is 3.49. The summed E-state index contributed by atoms with van der Waals surface area (Å²) in [5.41, 5.74) is 1.09. The minimum absolute atomic E-state index is 0.0353. The fourth-order valence-corrected chi connectivity index (χ4v) is 5.48. The topological polar surface area (TPSA) is 72.3 Å². The van der Waals surface area contributed by atoms with E-state index in [9.17, 15) is 4.79 Å². The van der Waals surface area contributed by atoms with Crippen LogP contribution in [-0.4, -0.2) is 52.7 Å². The van der Waals surface area contributed by atoms with E-state index in [1.165, 1.54) is 0 Å². The summed E-state index contributed by atoms with van der Waals surface area (Å²) in [5, 5.41) is 15.1. The summed E-state index contributed by atoms with van der Waals surface area (Å²) >= 11 is 3.25. The zero-order valence-electron chi connectivity index (χ0n) is 19.1. The van der Waals surface area contributed by atoms with Crippen molar-refractivity contribution >= 4 is 35.0 Å². The Kier molecular flexibility index (Phi) is 8.41. The molecule has 1 aliphatic heterocycles. The molecule has 176 valence electrons. The van der Waals surface area contributed by atoms with Gasteiger partial charge in [-0.1, -0.05) is 62.0 Å². The molecule has 0 spiro atoms. The van der Waals surface area contributed by atoms with Crippen LogP contribution in [0, 0.1) is 5.92 Å². The van der Waals surface area contributed by atoms with Crippen molar-refractivity contribution < 1.29 is 9.53 Å². The van der Waals surface area contributed by atoms with Crippen LogP contribution in [0.5, 0.6) is 0 Å². The number of rotatable bonds is 10. The summed E-state index contributed by atoms with van der Waals surface area (Å²) in [6.45, 7) is 8.31. The monoisotopic (exact) mass is 485 g/mol. The molecule has 0 bridgehead atoms. The van der Waals surface area contributed by atoms with Crippen LogP contribution in [0.2, 0.25) is 0 Å². The highest BCUT2D eigenvalue weighted by Gasteiger charge is 2.22. The number of nitrogens with one attached hydrogen (secondary N) is 1. The number of benzene rings is 1. The molecule has 1 aliphatic rings. The second-order valence-electron chi connectivity index (χ2n) is 8.41. The lowest BCUT2D eigenvalue weighted by molar-refractivity contribution is -0.121. The molecule has 1 saturated heterocycles. The number of morpholine rings is 1. The van der Waals surface area contributed by atoms with Gasteiger partial charge >= 0.3 is 0 Å². The van der Waals surface area contributed by atoms with Gasteiger partial charge in [0.2, 0.25) is 11.9 Å². The molecule has 1 unspecified atom stereocenters. The maximum absolute atomic E-state index is 12.8. The molecule has 4 rings (SSSR count). The van der Waals surface area contributed by atoms with Crippen LogP contribution in [0.4, 0.5) is 5.95 Å². The number of carbonyl (C=O) groups excluding carboxylic acids is 1. The van der Waals surface area contributed by atoms with Gasteiger partial charge in [-0.3, -0.25) is 9.36 Å². The number of hydrogen-bond donors (Lipinski definition) is 1. The van der Waals surface area contributed by atoms with Crippen molar-refractivity contribution in [1.29, 1.82) is 0 Å². The van der Waals surface area contributed by atoms with Gasteiger partial charge in [0.1, 0.15) is 0 Å². The molecule has 0 saturated carbocycles. The lowest BCUT2D eigenvalue weighted by Gasteiger charge is -2.28. The van der Waals surface area contributed by atoms with Gasteiger partial charge in [0.15, 0.2) is 5.16 Å². The number of ether oxygens (including phenoxy) is 1.